The Morgan fingerprint density at radius 1 is 1.37 bits per heavy atom. The molecule has 2 aromatic rings. The smallest absolute Gasteiger partial charge is 0.318 e. The number of piperidine rings is 1. The van der Waals surface area contributed by atoms with Crippen molar-refractivity contribution in [3.63, 3.8) is 0 Å². The molecule has 0 aromatic carbocycles. The van der Waals surface area contributed by atoms with Gasteiger partial charge in [-0.1, -0.05) is 11.2 Å². The van der Waals surface area contributed by atoms with E-state index in [9.17, 15) is 4.79 Å². The highest BCUT2D eigenvalue weighted by Crippen LogP contribution is 2.38. The van der Waals surface area contributed by atoms with E-state index >= 15 is 0 Å². The maximum absolute atomic E-state index is 12.5. The number of carbonyl (C=O) groups excluding carboxylic acids is 1. The van der Waals surface area contributed by atoms with Crippen molar-refractivity contribution in [1.29, 1.82) is 0 Å². The van der Waals surface area contributed by atoms with E-state index < -0.39 is 0 Å². The number of nitrogens with zero attached hydrogens (tertiary/aromatic N) is 4. The Labute approximate surface area is 158 Å². The number of urea groups is 1. The number of likely N-dealkylation sites (tertiary alicyclic amines) is 1. The fraction of sp³-hybridized carbons (Fsp3) is 0.579. The van der Waals surface area contributed by atoms with Gasteiger partial charge >= 0.3 is 6.03 Å². The average molecular weight is 371 g/mol. The normalized spacial score (nSPS) is 19.1. The van der Waals surface area contributed by atoms with Crippen molar-refractivity contribution in [2.75, 3.05) is 13.1 Å². The number of amides is 2. The molecule has 1 saturated heterocycles. The summed E-state index contributed by atoms with van der Waals surface area (Å²) in [4.78, 5) is 22.8. The van der Waals surface area contributed by atoms with E-state index in [4.69, 9.17) is 9.26 Å². The minimum absolute atomic E-state index is 0.0978. The average Bonchev–Trinajstić information content (AvgIpc) is 3.44. The molecule has 4 rings (SSSR count). The molecule has 1 atom stereocenters. The minimum atomic E-state index is -0.294. The van der Waals surface area contributed by atoms with Gasteiger partial charge in [-0.05, 0) is 44.2 Å². The molecule has 1 saturated carbocycles. The summed E-state index contributed by atoms with van der Waals surface area (Å²) in [5, 5.41) is 6.96. The van der Waals surface area contributed by atoms with Crippen LogP contribution in [0, 0.1) is 0 Å². The van der Waals surface area contributed by atoms with Gasteiger partial charge in [0.05, 0.1) is 12.7 Å². The maximum Gasteiger partial charge on any atom is 0.318 e. The largest absolute Gasteiger partial charge is 0.373 e. The molecule has 27 heavy (non-hydrogen) atoms. The summed E-state index contributed by atoms with van der Waals surface area (Å²) in [7, 11) is 0. The lowest BCUT2D eigenvalue weighted by Crippen LogP contribution is -2.46. The molecule has 2 fully saturated rings. The highest BCUT2D eigenvalue weighted by molar-refractivity contribution is 5.74. The van der Waals surface area contributed by atoms with Gasteiger partial charge in [-0.15, -0.1) is 0 Å². The van der Waals surface area contributed by atoms with Crippen LogP contribution in [0.5, 0.6) is 0 Å². The van der Waals surface area contributed by atoms with Gasteiger partial charge in [-0.25, -0.2) is 4.79 Å². The first kappa shape index (κ1) is 17.9. The van der Waals surface area contributed by atoms with E-state index in [1.807, 2.05) is 30.2 Å². The first-order chi connectivity index (χ1) is 13.2. The van der Waals surface area contributed by atoms with Gasteiger partial charge < -0.3 is 19.5 Å². The van der Waals surface area contributed by atoms with Gasteiger partial charge in [0.2, 0.25) is 5.89 Å². The summed E-state index contributed by atoms with van der Waals surface area (Å²) in [6.45, 7) is 3.77. The predicted octanol–water partition coefficient (Wildman–Crippen LogP) is 2.79. The minimum Gasteiger partial charge on any atom is -0.373 e. The summed E-state index contributed by atoms with van der Waals surface area (Å²) in [6, 6.07) is 3.52. The van der Waals surface area contributed by atoms with E-state index in [0.29, 0.717) is 31.5 Å². The van der Waals surface area contributed by atoms with Crippen molar-refractivity contribution in [2.24, 2.45) is 0 Å². The Morgan fingerprint density at radius 3 is 2.89 bits per heavy atom. The Balaban J connectivity index is 1.21. The Morgan fingerprint density at radius 2 is 2.19 bits per heavy atom. The lowest BCUT2D eigenvalue weighted by atomic mass is 10.1. The van der Waals surface area contributed by atoms with Crippen LogP contribution >= 0.6 is 0 Å². The van der Waals surface area contributed by atoms with Crippen LogP contribution in [0.1, 0.15) is 61.8 Å². The van der Waals surface area contributed by atoms with E-state index in [-0.39, 0.29) is 18.2 Å². The van der Waals surface area contributed by atoms with Crippen molar-refractivity contribution in [1.82, 2.24) is 25.3 Å². The third-order valence-electron chi connectivity index (χ3n) is 5.05. The Hall–Kier alpha value is -2.48. The van der Waals surface area contributed by atoms with Crippen LogP contribution in [0.2, 0.25) is 0 Å². The number of ether oxygens (including phenoxy) is 1. The van der Waals surface area contributed by atoms with Crippen LogP contribution in [0.25, 0.3) is 0 Å². The summed E-state index contributed by atoms with van der Waals surface area (Å²) in [6.07, 6.45) is 7.64. The van der Waals surface area contributed by atoms with Crippen molar-refractivity contribution in [3.8, 4) is 0 Å². The quantitative estimate of drug-likeness (QED) is 0.839. The zero-order valence-electron chi connectivity index (χ0n) is 15.5. The molecule has 0 unspecified atom stereocenters. The molecular weight excluding hydrogens is 346 g/mol. The first-order valence-electron chi connectivity index (χ1n) is 9.58. The highest BCUT2D eigenvalue weighted by Gasteiger charge is 2.30. The molecule has 8 heteroatoms. The maximum atomic E-state index is 12.5. The number of aromatic nitrogens is 3. The molecule has 0 radical (unpaired) electrons. The van der Waals surface area contributed by atoms with Gasteiger partial charge in [-0.3, -0.25) is 4.98 Å². The lowest BCUT2D eigenvalue weighted by Gasteiger charge is -2.32. The number of hydrogen-bond donors (Lipinski definition) is 1. The van der Waals surface area contributed by atoms with Crippen LogP contribution in [0.3, 0.4) is 0 Å². The first-order valence-corrected chi connectivity index (χ1v) is 9.58. The van der Waals surface area contributed by atoms with Gasteiger partial charge in [-0.2, -0.15) is 4.98 Å². The predicted molar refractivity (Wildman–Crippen MR) is 96.8 cm³/mol. The van der Waals surface area contributed by atoms with Crippen LogP contribution < -0.4 is 5.32 Å². The highest BCUT2D eigenvalue weighted by atomic mass is 16.5. The molecule has 2 amide bonds. The fourth-order valence-electron chi connectivity index (χ4n) is 3.19. The third-order valence-corrected chi connectivity index (χ3v) is 5.05. The molecule has 0 spiro atoms. The van der Waals surface area contributed by atoms with E-state index in [0.717, 1.165) is 37.1 Å². The van der Waals surface area contributed by atoms with Gasteiger partial charge in [0.15, 0.2) is 5.82 Å². The second kappa shape index (κ2) is 8.04. The van der Waals surface area contributed by atoms with Crippen molar-refractivity contribution < 1.29 is 14.1 Å². The second-order valence-corrected chi connectivity index (χ2v) is 7.29. The number of nitrogens with one attached hydrogen (secondary N) is 1. The van der Waals surface area contributed by atoms with Crippen LogP contribution in [-0.4, -0.2) is 45.2 Å². The van der Waals surface area contributed by atoms with Crippen molar-refractivity contribution in [2.45, 2.75) is 57.3 Å². The monoisotopic (exact) mass is 371 g/mol. The van der Waals surface area contributed by atoms with Gasteiger partial charge in [0.1, 0.15) is 6.04 Å². The van der Waals surface area contributed by atoms with Crippen LogP contribution in [0.15, 0.2) is 29.0 Å². The molecule has 144 valence electrons. The van der Waals surface area contributed by atoms with Crippen LogP contribution in [-0.2, 0) is 11.3 Å². The second-order valence-electron chi connectivity index (χ2n) is 7.29. The molecule has 1 N–H and O–H groups in total. The summed E-state index contributed by atoms with van der Waals surface area (Å²) < 4.78 is 11.2. The number of hydrogen-bond acceptors (Lipinski definition) is 6. The van der Waals surface area contributed by atoms with Crippen molar-refractivity contribution >= 4 is 6.03 Å². The fourth-order valence-corrected chi connectivity index (χ4v) is 3.19. The molecule has 0 bridgehead atoms. The standard InChI is InChI=1S/C19H25N5O3/c1-13(18-22-17(23-27-18)15-4-5-15)21-19(25)24-9-6-16(7-10-24)26-12-14-3-2-8-20-11-14/h2-3,8,11,13,15-16H,4-7,9-10,12H2,1H3,(H,21,25)/t13-/m0/s1. The molecule has 8 nitrogen and oxygen atoms in total. The number of rotatable bonds is 6. The SMILES string of the molecule is C[C@H](NC(=O)N1CCC(OCc2cccnc2)CC1)c1nc(C2CC2)no1. The molecule has 1 aliphatic carbocycles. The van der Waals surface area contributed by atoms with E-state index in [1.54, 1.807) is 6.20 Å². The van der Waals surface area contributed by atoms with Crippen LogP contribution in [0.4, 0.5) is 4.79 Å². The lowest BCUT2D eigenvalue weighted by molar-refractivity contribution is 0.00415. The molecular formula is C19H25N5O3. The van der Waals surface area contributed by atoms with E-state index in [1.165, 1.54) is 0 Å². The topological polar surface area (TPSA) is 93.4 Å². The third kappa shape index (κ3) is 4.63. The van der Waals surface area contributed by atoms with Gasteiger partial charge in [0, 0.05) is 31.4 Å². The number of carbonyl (C=O) groups is 1. The molecule has 2 aromatic heterocycles. The van der Waals surface area contributed by atoms with Gasteiger partial charge in [0.25, 0.3) is 0 Å². The molecule has 1 aliphatic heterocycles. The summed E-state index contributed by atoms with van der Waals surface area (Å²) >= 11 is 0. The summed E-state index contributed by atoms with van der Waals surface area (Å²) in [5.41, 5.74) is 1.07. The van der Waals surface area contributed by atoms with Crippen molar-refractivity contribution in [3.05, 3.63) is 41.8 Å². The zero-order valence-corrected chi connectivity index (χ0v) is 15.5. The Bertz CT molecular complexity index is 754. The zero-order chi connectivity index (χ0) is 18.6. The molecule has 3 heterocycles. The summed E-state index contributed by atoms with van der Waals surface area (Å²) in [5.74, 6) is 1.67. The number of pyridine rings is 1. The molecule has 2 aliphatic rings. The Kier molecular flexibility index (Phi) is 5.33. The van der Waals surface area contributed by atoms with E-state index in [2.05, 4.69) is 20.4 Å².